The lowest BCUT2D eigenvalue weighted by Crippen LogP contribution is -1.93. The van der Waals surface area contributed by atoms with Gasteiger partial charge in [-0.25, -0.2) is 0 Å². The molecule has 0 atom stereocenters. The highest BCUT2D eigenvalue weighted by molar-refractivity contribution is 5.85. The van der Waals surface area contributed by atoms with Crippen LogP contribution in [0, 0.1) is 32.1 Å². The molecule has 0 saturated heterocycles. The third kappa shape index (κ3) is 46.4. The summed E-state index contributed by atoms with van der Waals surface area (Å²) in [5.41, 5.74) is 7.04. The zero-order chi connectivity index (χ0) is 42.2. The van der Waals surface area contributed by atoms with Gasteiger partial charge in [0.2, 0.25) is 0 Å². The predicted molar refractivity (Wildman–Crippen MR) is 262 cm³/mol. The summed E-state index contributed by atoms with van der Waals surface area (Å²) >= 11 is 0. The minimum Gasteiger partial charge on any atom is -0.0776 e. The van der Waals surface area contributed by atoms with E-state index >= 15 is 0 Å². The fourth-order valence-corrected chi connectivity index (χ4v) is 3.65. The first-order chi connectivity index (χ1) is 25.6. The Kier molecular flexibility index (Phi) is 47.5. The fraction of sp³-hybridized carbons (Fsp3) is 0.491. The van der Waals surface area contributed by atoms with E-state index in [2.05, 4.69) is 214 Å². The van der Waals surface area contributed by atoms with E-state index in [0.717, 1.165) is 5.92 Å². The van der Waals surface area contributed by atoms with E-state index in [1.54, 1.807) is 0 Å². The highest BCUT2D eigenvalue weighted by Gasteiger charge is 1.96. The Morgan fingerprint density at radius 1 is 0.436 bits per heavy atom. The molecule has 0 heteroatoms. The van der Waals surface area contributed by atoms with Gasteiger partial charge in [0.15, 0.2) is 0 Å². The number of rotatable bonds is 4. The maximum Gasteiger partial charge on any atom is -0.0155 e. The van der Waals surface area contributed by atoms with Crippen LogP contribution in [0.2, 0.25) is 0 Å². The Morgan fingerprint density at radius 3 is 1.09 bits per heavy atom. The molecule has 0 spiro atoms. The summed E-state index contributed by atoms with van der Waals surface area (Å²) < 4.78 is 0. The molecule has 0 N–H and O–H groups in total. The average molecular weight is 753 g/mol. The molecule has 5 aromatic rings. The van der Waals surface area contributed by atoms with E-state index < -0.39 is 0 Å². The summed E-state index contributed by atoms with van der Waals surface area (Å²) in [6.07, 6.45) is 7.97. The lowest BCUT2D eigenvalue weighted by molar-refractivity contribution is 0.469. The van der Waals surface area contributed by atoms with E-state index in [-0.39, 0.29) is 7.43 Å². The van der Waals surface area contributed by atoms with Crippen LogP contribution in [0.4, 0.5) is 0 Å². The number of aryl methyl sites for hydroxylation is 3. The molecule has 0 fully saturated rings. The molecule has 5 aromatic carbocycles. The lowest BCUT2D eigenvalue weighted by Gasteiger charge is -2.05. The molecule has 0 heterocycles. The van der Waals surface area contributed by atoms with Crippen molar-refractivity contribution in [2.45, 2.75) is 171 Å². The molecule has 0 amide bonds. The highest BCUT2D eigenvalue weighted by atomic mass is 14.0. The summed E-state index contributed by atoms with van der Waals surface area (Å²) in [5.74, 6) is 0.833. The summed E-state index contributed by atoms with van der Waals surface area (Å²) in [4.78, 5) is 0. The van der Waals surface area contributed by atoms with Gasteiger partial charge in [-0.3, -0.25) is 0 Å². The molecular weight excluding hydrogens is 661 g/mol. The largest absolute Gasteiger partial charge is 0.0776 e. The molecular formula is C55H92. The van der Waals surface area contributed by atoms with Gasteiger partial charge in [-0.05, 0) is 59.6 Å². The monoisotopic (exact) mass is 753 g/mol. The van der Waals surface area contributed by atoms with Gasteiger partial charge in [0.05, 0.1) is 0 Å². The summed E-state index contributed by atoms with van der Waals surface area (Å²) in [6.45, 7) is 38.6. The van der Waals surface area contributed by atoms with Gasteiger partial charge >= 0.3 is 0 Å². The molecule has 0 unspecified atom stereocenters. The molecule has 0 aliphatic rings. The Morgan fingerprint density at radius 2 is 0.764 bits per heavy atom. The van der Waals surface area contributed by atoms with Crippen molar-refractivity contribution in [3.05, 3.63) is 144 Å². The zero-order valence-corrected chi connectivity index (χ0v) is 38.9. The van der Waals surface area contributed by atoms with Gasteiger partial charge in [0.1, 0.15) is 0 Å². The maximum atomic E-state index is 2.21. The van der Waals surface area contributed by atoms with Gasteiger partial charge < -0.3 is 0 Å². The second-order valence-electron chi connectivity index (χ2n) is 15.5. The third-order valence-electron chi connectivity index (χ3n) is 6.31. The van der Waals surface area contributed by atoms with Crippen molar-refractivity contribution in [2.24, 2.45) is 11.3 Å². The fourth-order valence-electron chi connectivity index (χ4n) is 3.65. The van der Waals surface area contributed by atoms with E-state index in [1.807, 2.05) is 38.1 Å². The first-order valence-electron chi connectivity index (χ1n) is 21.2. The van der Waals surface area contributed by atoms with Crippen molar-refractivity contribution in [3.63, 3.8) is 0 Å². The second kappa shape index (κ2) is 43.1. The second-order valence-corrected chi connectivity index (χ2v) is 15.5. The van der Waals surface area contributed by atoms with Crippen LogP contribution in [0.1, 0.15) is 166 Å². The van der Waals surface area contributed by atoms with E-state index in [9.17, 15) is 0 Å². The molecule has 5 rings (SSSR count). The summed E-state index contributed by atoms with van der Waals surface area (Å²) in [7, 11) is 0. The average Bonchev–Trinajstić information content (AvgIpc) is 3.14. The van der Waals surface area contributed by atoms with Gasteiger partial charge in [0.25, 0.3) is 0 Å². The van der Waals surface area contributed by atoms with Gasteiger partial charge in [-0.15, -0.1) is 0 Å². The normalized spacial score (nSPS) is 9.00. The SMILES string of the molecule is C.CC.CC(C)(C)C.CC(C)C.CCC.CCCC.CCCCC.Cc1ccc(-c2ccccc2)cc1.Cc1cccc2ccccc12.Cc1ccccc1. The van der Waals surface area contributed by atoms with Gasteiger partial charge in [-0.2, -0.15) is 0 Å². The summed E-state index contributed by atoms with van der Waals surface area (Å²) in [6, 6.07) is 44.1. The van der Waals surface area contributed by atoms with E-state index in [1.165, 1.54) is 77.1 Å². The number of fused-ring (bicyclic) bond motifs is 1. The zero-order valence-electron chi connectivity index (χ0n) is 38.9. The maximum absolute atomic E-state index is 2.21. The van der Waals surface area contributed by atoms with Crippen molar-refractivity contribution >= 4 is 10.8 Å². The standard InChI is InChI=1S/C13H12.C11H10.C7H8.2C5H12.2C4H10.C3H8.C2H6.CH4/c1-11-7-9-13(10-8-11)12-5-3-2-4-6-12;1-9-5-4-7-10-6-2-3-8-11(9)10;1-7-5-3-2-4-6-7;1-5(2,3)4;1-3-5-4-2;1-4(2)3;1-3-4-2;1-3-2;1-2;/h2-10H,1H3;2-8H,1H3;2-6H,1H3;1-4H3;3-5H2,1-2H3;4H,1-3H3;3-4H2,1-2H3;3H2,1-2H3;1-2H3;1H4. The molecule has 0 aliphatic carbocycles. The van der Waals surface area contributed by atoms with Crippen molar-refractivity contribution in [1.82, 2.24) is 0 Å². The Balaban J connectivity index is -0.000000181. The number of benzene rings is 5. The molecule has 0 nitrogen and oxygen atoms in total. The molecule has 0 aliphatic heterocycles. The van der Waals surface area contributed by atoms with Crippen LogP contribution in [0.3, 0.4) is 0 Å². The van der Waals surface area contributed by atoms with Crippen LogP contribution < -0.4 is 0 Å². The minimum absolute atomic E-state index is 0. The Labute approximate surface area is 346 Å². The van der Waals surface area contributed by atoms with Crippen LogP contribution in [0.25, 0.3) is 21.9 Å². The first kappa shape index (κ1) is 60.6. The quantitative estimate of drug-likeness (QED) is 0.171. The number of unbranched alkanes of at least 4 members (excludes halogenated alkanes) is 3. The Hall–Kier alpha value is -3.64. The topological polar surface area (TPSA) is 0 Å². The Bertz CT molecular complexity index is 1390. The van der Waals surface area contributed by atoms with Crippen LogP contribution in [-0.4, -0.2) is 0 Å². The van der Waals surface area contributed by atoms with E-state index in [4.69, 9.17) is 0 Å². The van der Waals surface area contributed by atoms with Gasteiger partial charge in [0, 0.05) is 0 Å². The number of hydrogen-bond donors (Lipinski definition) is 0. The molecule has 0 bridgehead atoms. The molecule has 0 radical (unpaired) electrons. The van der Waals surface area contributed by atoms with Crippen LogP contribution in [0.15, 0.2) is 127 Å². The van der Waals surface area contributed by atoms with Crippen LogP contribution in [-0.2, 0) is 0 Å². The predicted octanol–water partition coefficient (Wildman–Crippen LogP) is 19.6. The van der Waals surface area contributed by atoms with Crippen LogP contribution in [0.5, 0.6) is 0 Å². The van der Waals surface area contributed by atoms with Crippen molar-refractivity contribution < 1.29 is 0 Å². The van der Waals surface area contributed by atoms with E-state index in [0.29, 0.717) is 5.41 Å². The minimum atomic E-state index is 0. The molecule has 55 heavy (non-hydrogen) atoms. The first-order valence-corrected chi connectivity index (χ1v) is 21.2. The lowest BCUT2D eigenvalue weighted by atomic mass is 10.0. The van der Waals surface area contributed by atoms with Gasteiger partial charge in [-0.1, -0.05) is 288 Å². The third-order valence-corrected chi connectivity index (χ3v) is 6.31. The molecule has 0 saturated carbocycles. The van der Waals surface area contributed by atoms with Crippen molar-refractivity contribution in [1.29, 1.82) is 0 Å². The van der Waals surface area contributed by atoms with Crippen LogP contribution >= 0.6 is 0 Å². The number of hydrogen-bond acceptors (Lipinski definition) is 0. The van der Waals surface area contributed by atoms with Crippen molar-refractivity contribution in [2.75, 3.05) is 0 Å². The molecule has 0 aromatic heterocycles. The molecule has 312 valence electrons. The summed E-state index contributed by atoms with van der Waals surface area (Å²) in [5, 5.41) is 2.68. The smallest absolute Gasteiger partial charge is 0.0155 e. The van der Waals surface area contributed by atoms with Crippen molar-refractivity contribution in [3.8, 4) is 11.1 Å². The highest BCUT2D eigenvalue weighted by Crippen LogP contribution is 2.19.